The molecule has 1 aromatic heterocycles. The van der Waals surface area contributed by atoms with Gasteiger partial charge >= 0.3 is 5.97 Å². The highest BCUT2D eigenvalue weighted by molar-refractivity contribution is 5.84. The van der Waals surface area contributed by atoms with Gasteiger partial charge in [0.05, 0.1) is 24.2 Å². The summed E-state index contributed by atoms with van der Waals surface area (Å²) < 4.78 is 61.9. The molecule has 0 aliphatic carbocycles. The third-order valence-corrected chi connectivity index (χ3v) is 7.14. The summed E-state index contributed by atoms with van der Waals surface area (Å²) >= 11 is 0. The summed E-state index contributed by atoms with van der Waals surface area (Å²) in [5.41, 5.74) is -0.494. The first-order valence-electron chi connectivity index (χ1n) is 12.1. The zero-order valence-electron chi connectivity index (χ0n) is 20.4. The Bertz CT molecular complexity index is 1240. The van der Waals surface area contributed by atoms with Crippen LogP contribution in [-0.4, -0.2) is 54.2 Å². The molecule has 1 unspecified atom stereocenters. The molecule has 0 bridgehead atoms. The minimum atomic E-state index is -1.71. The lowest BCUT2D eigenvalue weighted by Gasteiger charge is -2.39. The largest absolute Gasteiger partial charge is 0.497 e. The number of nitrogens with zero attached hydrogens (tertiary/aromatic N) is 2. The second-order valence-corrected chi connectivity index (χ2v) is 9.42. The predicted molar refractivity (Wildman–Crippen MR) is 132 cm³/mol. The summed E-state index contributed by atoms with van der Waals surface area (Å²) in [5, 5.41) is 13.3. The highest BCUT2D eigenvalue weighted by Gasteiger charge is 2.41. The minimum Gasteiger partial charge on any atom is -0.497 e. The Morgan fingerprint density at radius 2 is 1.86 bits per heavy atom. The molecule has 2 heterocycles. The molecule has 1 fully saturated rings. The molecule has 1 atom stereocenters. The van der Waals surface area contributed by atoms with E-state index >= 15 is 4.39 Å². The Kier molecular flexibility index (Phi) is 8.16. The van der Waals surface area contributed by atoms with Gasteiger partial charge in [0.1, 0.15) is 29.4 Å². The second-order valence-electron chi connectivity index (χ2n) is 9.42. The lowest BCUT2D eigenvalue weighted by atomic mass is 9.74. The first-order valence-corrected chi connectivity index (χ1v) is 12.1. The van der Waals surface area contributed by atoms with Gasteiger partial charge in [0, 0.05) is 35.8 Å². The molecule has 0 amide bonds. The van der Waals surface area contributed by atoms with E-state index < -0.39 is 35.0 Å². The maximum Gasteiger partial charge on any atom is 0.309 e. The fraction of sp³-hybridized carbons (Fsp3) is 0.407. The topological polar surface area (TPSA) is 74.7 Å². The number of carboxylic acid groups (broad SMARTS) is 1. The number of carboxylic acids is 1. The van der Waals surface area contributed by atoms with E-state index in [1.165, 1.54) is 25.3 Å². The SMILES string of the molecule is COc1ccc2ncc(F)c(C(F)CCC3(C(=O)O)CCN(CCNc4cc(F)cc(F)c4)CC3)c2c1. The maximum atomic E-state index is 15.4. The van der Waals surface area contributed by atoms with Crippen molar-refractivity contribution in [1.82, 2.24) is 9.88 Å². The number of aromatic nitrogens is 1. The quantitative estimate of drug-likeness (QED) is 0.333. The number of alkyl halides is 1. The van der Waals surface area contributed by atoms with Gasteiger partial charge in [-0.15, -0.1) is 0 Å². The number of benzene rings is 2. The maximum absolute atomic E-state index is 15.4. The zero-order valence-corrected chi connectivity index (χ0v) is 20.4. The lowest BCUT2D eigenvalue weighted by molar-refractivity contribution is -0.153. The molecule has 6 nitrogen and oxygen atoms in total. The molecule has 1 aliphatic heterocycles. The fourth-order valence-corrected chi connectivity index (χ4v) is 4.95. The molecule has 1 saturated heterocycles. The van der Waals surface area contributed by atoms with Gasteiger partial charge in [0.15, 0.2) is 0 Å². The molecule has 1 aliphatic rings. The first kappa shape index (κ1) is 26.7. The van der Waals surface area contributed by atoms with Crippen LogP contribution in [0.15, 0.2) is 42.6 Å². The van der Waals surface area contributed by atoms with E-state index in [4.69, 9.17) is 4.74 Å². The molecule has 4 rings (SSSR count). The summed E-state index contributed by atoms with van der Waals surface area (Å²) in [7, 11) is 1.46. The van der Waals surface area contributed by atoms with Crippen molar-refractivity contribution in [3.8, 4) is 5.75 Å². The molecule has 0 radical (unpaired) electrons. The average molecular weight is 520 g/mol. The summed E-state index contributed by atoms with van der Waals surface area (Å²) in [5.74, 6) is -2.67. The van der Waals surface area contributed by atoms with Crippen LogP contribution in [0.1, 0.15) is 37.4 Å². The molecular weight excluding hydrogens is 490 g/mol. The summed E-state index contributed by atoms with van der Waals surface area (Å²) in [6.45, 7) is 1.93. The number of methoxy groups -OCH3 is 1. The van der Waals surface area contributed by atoms with Crippen LogP contribution >= 0.6 is 0 Å². The number of likely N-dealkylation sites (tertiary alicyclic amines) is 1. The average Bonchev–Trinajstić information content (AvgIpc) is 2.87. The van der Waals surface area contributed by atoms with Crippen molar-refractivity contribution in [2.24, 2.45) is 5.41 Å². The van der Waals surface area contributed by atoms with Gasteiger partial charge in [-0.25, -0.2) is 17.6 Å². The molecule has 198 valence electrons. The summed E-state index contributed by atoms with van der Waals surface area (Å²) in [4.78, 5) is 18.3. The van der Waals surface area contributed by atoms with E-state index in [0.29, 0.717) is 61.4 Å². The Hall–Kier alpha value is -3.40. The fourth-order valence-electron chi connectivity index (χ4n) is 4.95. The van der Waals surface area contributed by atoms with Crippen LogP contribution in [0.2, 0.25) is 0 Å². The number of carbonyl (C=O) groups is 1. The smallest absolute Gasteiger partial charge is 0.309 e. The number of halogens is 4. The third-order valence-electron chi connectivity index (χ3n) is 7.14. The van der Waals surface area contributed by atoms with Gasteiger partial charge in [-0.05, 0) is 69.1 Å². The number of aliphatic carboxylic acids is 1. The molecule has 3 aromatic rings. The number of anilines is 1. The van der Waals surface area contributed by atoms with Crippen LogP contribution in [0.25, 0.3) is 10.9 Å². The van der Waals surface area contributed by atoms with Crippen molar-refractivity contribution in [3.63, 3.8) is 0 Å². The van der Waals surface area contributed by atoms with E-state index in [9.17, 15) is 23.1 Å². The van der Waals surface area contributed by atoms with Crippen molar-refractivity contribution in [1.29, 1.82) is 0 Å². The monoisotopic (exact) mass is 519 g/mol. The summed E-state index contributed by atoms with van der Waals surface area (Å²) in [6.07, 6.45) is -0.178. The number of ether oxygens (including phenoxy) is 1. The number of nitrogens with one attached hydrogen (secondary N) is 1. The number of fused-ring (bicyclic) bond motifs is 1. The number of rotatable bonds is 10. The van der Waals surface area contributed by atoms with Crippen molar-refractivity contribution >= 4 is 22.6 Å². The van der Waals surface area contributed by atoms with Crippen molar-refractivity contribution < 1.29 is 32.2 Å². The Morgan fingerprint density at radius 3 is 2.51 bits per heavy atom. The normalized spacial score (nSPS) is 16.5. The van der Waals surface area contributed by atoms with Gasteiger partial charge in [-0.3, -0.25) is 9.78 Å². The predicted octanol–water partition coefficient (Wildman–Crippen LogP) is 5.73. The van der Waals surface area contributed by atoms with Gasteiger partial charge < -0.3 is 20.1 Å². The van der Waals surface area contributed by atoms with E-state index in [1.54, 1.807) is 12.1 Å². The van der Waals surface area contributed by atoms with Crippen LogP contribution in [0.4, 0.5) is 23.2 Å². The van der Waals surface area contributed by atoms with E-state index in [0.717, 1.165) is 12.3 Å². The molecule has 2 aromatic carbocycles. The van der Waals surface area contributed by atoms with Crippen molar-refractivity contribution in [2.75, 3.05) is 38.6 Å². The number of piperidine rings is 1. The zero-order chi connectivity index (χ0) is 26.6. The van der Waals surface area contributed by atoms with Gasteiger partial charge in [0.2, 0.25) is 0 Å². The standard InChI is InChI=1S/C27H29F4N3O3/c1-37-20-2-3-24-21(15-20)25(23(31)16-33-24)22(30)4-5-27(26(35)36)6-9-34(10-7-27)11-8-32-19-13-17(28)12-18(29)14-19/h2-3,12-16,22,32H,4-11H2,1H3,(H,35,36). The Morgan fingerprint density at radius 1 is 1.16 bits per heavy atom. The number of hydrogen-bond donors (Lipinski definition) is 2. The molecule has 10 heteroatoms. The third kappa shape index (κ3) is 6.12. The first-order chi connectivity index (χ1) is 17.7. The van der Waals surface area contributed by atoms with Crippen molar-refractivity contribution in [3.05, 3.63) is 65.6 Å². The second kappa shape index (κ2) is 11.3. The minimum absolute atomic E-state index is 0.0609. The van der Waals surface area contributed by atoms with Crippen LogP contribution in [-0.2, 0) is 4.79 Å². The van der Waals surface area contributed by atoms with Gasteiger partial charge in [-0.2, -0.15) is 0 Å². The van der Waals surface area contributed by atoms with Crippen molar-refractivity contribution in [2.45, 2.75) is 31.9 Å². The number of pyridine rings is 1. The van der Waals surface area contributed by atoms with E-state index in [2.05, 4.69) is 15.2 Å². The molecule has 0 saturated carbocycles. The molecule has 37 heavy (non-hydrogen) atoms. The molecule has 2 N–H and O–H groups in total. The lowest BCUT2D eigenvalue weighted by Crippen LogP contribution is -2.45. The number of hydrogen-bond acceptors (Lipinski definition) is 5. The van der Waals surface area contributed by atoms with Crippen LogP contribution in [0.3, 0.4) is 0 Å². The van der Waals surface area contributed by atoms with E-state index in [1.807, 2.05) is 0 Å². The Labute approximate surface area is 212 Å². The van der Waals surface area contributed by atoms with Gasteiger partial charge in [0.25, 0.3) is 0 Å². The Balaban J connectivity index is 1.37. The molecular formula is C27H29F4N3O3. The summed E-state index contributed by atoms with van der Waals surface area (Å²) in [6, 6.07) is 8.01. The van der Waals surface area contributed by atoms with Gasteiger partial charge in [-0.1, -0.05) is 0 Å². The highest BCUT2D eigenvalue weighted by Crippen LogP contribution is 2.41. The van der Waals surface area contributed by atoms with Crippen LogP contribution in [0.5, 0.6) is 5.75 Å². The highest BCUT2D eigenvalue weighted by atomic mass is 19.1. The molecule has 0 spiro atoms. The van der Waals surface area contributed by atoms with Crippen LogP contribution < -0.4 is 10.1 Å². The van der Waals surface area contributed by atoms with Crippen LogP contribution in [0, 0.1) is 22.9 Å². The van der Waals surface area contributed by atoms with E-state index in [-0.39, 0.29) is 18.4 Å².